The Balaban J connectivity index is 1.91. The average molecular weight is 209 g/mol. The van der Waals surface area contributed by atoms with Gasteiger partial charge in [0.05, 0.1) is 0 Å². The molecule has 0 aromatic carbocycles. The SMILES string of the molecule is Cn1ccnc1N1CCN(CCN)CC1. The quantitative estimate of drug-likeness (QED) is 0.729. The summed E-state index contributed by atoms with van der Waals surface area (Å²) < 4.78 is 2.07. The largest absolute Gasteiger partial charge is 0.340 e. The monoisotopic (exact) mass is 209 g/mol. The van der Waals surface area contributed by atoms with Gasteiger partial charge in [0.25, 0.3) is 0 Å². The number of hydrogen-bond acceptors (Lipinski definition) is 4. The number of imidazole rings is 1. The molecule has 2 N–H and O–H groups in total. The molecule has 1 aromatic rings. The van der Waals surface area contributed by atoms with Crippen LogP contribution in [0.25, 0.3) is 0 Å². The Morgan fingerprint density at radius 1 is 1.33 bits per heavy atom. The molecule has 1 aliphatic rings. The van der Waals surface area contributed by atoms with Gasteiger partial charge in [0.15, 0.2) is 0 Å². The van der Waals surface area contributed by atoms with Crippen LogP contribution in [0.4, 0.5) is 5.95 Å². The maximum absolute atomic E-state index is 5.54. The Morgan fingerprint density at radius 2 is 2.07 bits per heavy atom. The zero-order chi connectivity index (χ0) is 10.7. The molecule has 0 aliphatic carbocycles. The lowest BCUT2D eigenvalue weighted by atomic mass is 10.3. The summed E-state index contributed by atoms with van der Waals surface area (Å²) in [5.74, 6) is 1.07. The first-order valence-electron chi connectivity index (χ1n) is 5.46. The number of nitrogens with two attached hydrogens (primary N) is 1. The van der Waals surface area contributed by atoms with Crippen molar-refractivity contribution in [2.75, 3.05) is 44.2 Å². The highest BCUT2D eigenvalue weighted by atomic mass is 15.3. The van der Waals surface area contributed by atoms with E-state index in [1.807, 2.05) is 19.4 Å². The number of nitrogens with zero attached hydrogens (tertiary/aromatic N) is 4. The molecule has 15 heavy (non-hydrogen) atoms. The van der Waals surface area contributed by atoms with E-state index < -0.39 is 0 Å². The molecule has 0 unspecified atom stereocenters. The van der Waals surface area contributed by atoms with Crippen molar-refractivity contribution in [3.8, 4) is 0 Å². The van der Waals surface area contributed by atoms with Gasteiger partial charge in [0.1, 0.15) is 0 Å². The lowest BCUT2D eigenvalue weighted by Gasteiger charge is -2.34. The third-order valence-corrected chi connectivity index (χ3v) is 2.90. The third kappa shape index (κ3) is 2.30. The molecular formula is C10H19N5. The molecule has 0 radical (unpaired) electrons. The lowest BCUT2D eigenvalue weighted by molar-refractivity contribution is 0.263. The van der Waals surface area contributed by atoms with Gasteiger partial charge in [-0.2, -0.15) is 0 Å². The number of hydrogen-bond donors (Lipinski definition) is 1. The van der Waals surface area contributed by atoms with Crippen LogP contribution in [0.3, 0.4) is 0 Å². The van der Waals surface area contributed by atoms with Crippen LogP contribution in [0, 0.1) is 0 Å². The molecule has 0 spiro atoms. The van der Waals surface area contributed by atoms with Gasteiger partial charge in [-0.25, -0.2) is 4.98 Å². The average Bonchev–Trinajstić information content (AvgIpc) is 2.66. The smallest absolute Gasteiger partial charge is 0.205 e. The number of rotatable bonds is 3. The summed E-state index contributed by atoms with van der Waals surface area (Å²) in [6, 6.07) is 0. The predicted molar refractivity (Wildman–Crippen MR) is 60.9 cm³/mol. The summed E-state index contributed by atoms with van der Waals surface area (Å²) in [6.07, 6.45) is 3.84. The maximum atomic E-state index is 5.54. The molecule has 0 amide bonds. The number of anilines is 1. The van der Waals surface area contributed by atoms with E-state index in [1.54, 1.807) is 0 Å². The minimum Gasteiger partial charge on any atom is -0.340 e. The molecule has 1 aliphatic heterocycles. The summed E-state index contributed by atoms with van der Waals surface area (Å²) in [7, 11) is 2.04. The maximum Gasteiger partial charge on any atom is 0.205 e. The highest BCUT2D eigenvalue weighted by molar-refractivity contribution is 5.31. The van der Waals surface area contributed by atoms with Crippen molar-refractivity contribution in [1.29, 1.82) is 0 Å². The fourth-order valence-corrected chi connectivity index (χ4v) is 2.02. The Kier molecular flexibility index (Phi) is 3.23. The van der Waals surface area contributed by atoms with Crippen molar-refractivity contribution < 1.29 is 0 Å². The zero-order valence-corrected chi connectivity index (χ0v) is 9.26. The number of aromatic nitrogens is 2. The van der Waals surface area contributed by atoms with E-state index in [0.717, 1.165) is 45.2 Å². The van der Waals surface area contributed by atoms with Crippen LogP contribution < -0.4 is 10.6 Å². The molecule has 5 nitrogen and oxygen atoms in total. The molecule has 2 heterocycles. The minimum atomic E-state index is 0.752. The molecular weight excluding hydrogens is 190 g/mol. The van der Waals surface area contributed by atoms with Gasteiger partial charge in [0, 0.05) is 58.7 Å². The first-order chi connectivity index (χ1) is 7.31. The Morgan fingerprint density at radius 3 is 2.60 bits per heavy atom. The molecule has 2 rings (SSSR count). The Hall–Kier alpha value is -1.07. The second-order valence-electron chi connectivity index (χ2n) is 3.96. The Bertz CT molecular complexity index is 301. The summed E-state index contributed by atoms with van der Waals surface area (Å²) in [6.45, 7) is 6.03. The predicted octanol–water partition coefficient (Wildman–Crippen LogP) is -0.499. The van der Waals surface area contributed by atoms with Crippen molar-refractivity contribution in [2.24, 2.45) is 12.8 Å². The van der Waals surface area contributed by atoms with E-state index in [9.17, 15) is 0 Å². The van der Waals surface area contributed by atoms with Crippen molar-refractivity contribution in [2.45, 2.75) is 0 Å². The first-order valence-corrected chi connectivity index (χ1v) is 5.46. The van der Waals surface area contributed by atoms with Gasteiger partial charge < -0.3 is 15.2 Å². The van der Waals surface area contributed by atoms with E-state index in [-0.39, 0.29) is 0 Å². The van der Waals surface area contributed by atoms with Crippen LogP contribution in [-0.2, 0) is 7.05 Å². The second-order valence-corrected chi connectivity index (χ2v) is 3.96. The molecule has 5 heteroatoms. The van der Waals surface area contributed by atoms with Crippen LogP contribution in [0.1, 0.15) is 0 Å². The van der Waals surface area contributed by atoms with E-state index in [2.05, 4.69) is 19.4 Å². The van der Waals surface area contributed by atoms with Gasteiger partial charge in [0.2, 0.25) is 5.95 Å². The standard InChI is InChI=1S/C10H19N5/c1-13-5-3-12-10(13)15-8-6-14(4-2-11)7-9-15/h3,5H,2,4,6-9,11H2,1H3. The molecule has 0 saturated carbocycles. The van der Waals surface area contributed by atoms with Gasteiger partial charge in [-0.05, 0) is 0 Å². The minimum absolute atomic E-state index is 0.752. The fourth-order valence-electron chi connectivity index (χ4n) is 2.02. The molecule has 84 valence electrons. The van der Waals surface area contributed by atoms with E-state index in [0.29, 0.717) is 0 Å². The first kappa shape index (κ1) is 10.4. The number of piperazine rings is 1. The van der Waals surface area contributed by atoms with E-state index >= 15 is 0 Å². The van der Waals surface area contributed by atoms with Gasteiger partial charge in [-0.15, -0.1) is 0 Å². The highest BCUT2D eigenvalue weighted by Crippen LogP contribution is 2.12. The van der Waals surface area contributed by atoms with Crippen molar-refractivity contribution in [1.82, 2.24) is 14.5 Å². The second kappa shape index (κ2) is 4.63. The topological polar surface area (TPSA) is 50.3 Å². The summed E-state index contributed by atoms with van der Waals surface area (Å²) in [5.41, 5.74) is 5.54. The molecule has 0 bridgehead atoms. The highest BCUT2D eigenvalue weighted by Gasteiger charge is 2.18. The van der Waals surface area contributed by atoms with Crippen LogP contribution in [0.5, 0.6) is 0 Å². The van der Waals surface area contributed by atoms with Crippen molar-refractivity contribution in [3.05, 3.63) is 12.4 Å². The lowest BCUT2D eigenvalue weighted by Crippen LogP contribution is -2.48. The van der Waals surface area contributed by atoms with Crippen LogP contribution in [0.15, 0.2) is 12.4 Å². The van der Waals surface area contributed by atoms with Crippen LogP contribution >= 0.6 is 0 Å². The van der Waals surface area contributed by atoms with Gasteiger partial charge in [-0.1, -0.05) is 0 Å². The van der Waals surface area contributed by atoms with Crippen molar-refractivity contribution in [3.63, 3.8) is 0 Å². The van der Waals surface area contributed by atoms with Crippen LogP contribution in [0.2, 0.25) is 0 Å². The van der Waals surface area contributed by atoms with Gasteiger partial charge in [-0.3, -0.25) is 4.90 Å². The molecule has 1 fully saturated rings. The third-order valence-electron chi connectivity index (χ3n) is 2.90. The number of aryl methyl sites for hydroxylation is 1. The normalized spacial score (nSPS) is 18.4. The molecule has 1 aromatic heterocycles. The molecule has 0 atom stereocenters. The van der Waals surface area contributed by atoms with E-state index in [1.165, 1.54) is 0 Å². The summed E-state index contributed by atoms with van der Waals surface area (Å²) in [5, 5.41) is 0. The summed E-state index contributed by atoms with van der Waals surface area (Å²) in [4.78, 5) is 9.08. The van der Waals surface area contributed by atoms with Crippen molar-refractivity contribution >= 4 is 5.95 Å². The molecule has 1 saturated heterocycles. The van der Waals surface area contributed by atoms with E-state index in [4.69, 9.17) is 5.73 Å². The van der Waals surface area contributed by atoms with Crippen LogP contribution in [-0.4, -0.2) is 53.7 Å². The zero-order valence-electron chi connectivity index (χ0n) is 9.26. The Labute approximate surface area is 90.5 Å². The summed E-state index contributed by atoms with van der Waals surface area (Å²) >= 11 is 0. The fraction of sp³-hybridized carbons (Fsp3) is 0.700. The van der Waals surface area contributed by atoms with Gasteiger partial charge >= 0.3 is 0 Å².